The largest absolute Gasteiger partial charge is 0.497 e. The van der Waals surface area contributed by atoms with E-state index in [2.05, 4.69) is 5.32 Å². The Morgan fingerprint density at radius 1 is 0.756 bits per heavy atom. The predicted octanol–water partition coefficient (Wildman–Crippen LogP) is 5.99. The fourth-order valence-electron chi connectivity index (χ4n) is 4.51. The lowest BCUT2D eigenvalue weighted by atomic mass is 10.0. The van der Waals surface area contributed by atoms with Gasteiger partial charge in [0.25, 0.3) is 0 Å². The highest BCUT2D eigenvalue weighted by molar-refractivity contribution is 6.30. The van der Waals surface area contributed by atoms with Gasteiger partial charge in [-0.05, 0) is 58.7 Å². The van der Waals surface area contributed by atoms with Crippen LogP contribution in [0.15, 0.2) is 97.1 Å². The highest BCUT2D eigenvalue weighted by Crippen LogP contribution is 2.30. The number of carbonyl (C=O) groups is 2. The smallest absolute Gasteiger partial charge is 0.247 e. The molecule has 8 heteroatoms. The van der Waals surface area contributed by atoms with Crippen LogP contribution in [-0.4, -0.2) is 38.0 Å². The molecule has 0 aromatic heterocycles. The Kier molecular flexibility index (Phi) is 10.2. The molecule has 4 aromatic rings. The van der Waals surface area contributed by atoms with E-state index in [1.54, 1.807) is 50.5 Å². The molecule has 1 atom stereocenters. The molecule has 41 heavy (non-hydrogen) atoms. The summed E-state index contributed by atoms with van der Waals surface area (Å²) < 4.78 is 16.0. The minimum Gasteiger partial charge on any atom is -0.497 e. The molecule has 4 aromatic carbocycles. The third-order valence-corrected chi connectivity index (χ3v) is 6.94. The summed E-state index contributed by atoms with van der Waals surface area (Å²) >= 11 is 6.12. The molecular weight excluding hydrogens is 540 g/mol. The summed E-state index contributed by atoms with van der Waals surface area (Å²) in [6.07, 6.45) is 0.0586. The molecule has 1 unspecified atom stereocenters. The van der Waals surface area contributed by atoms with Crippen molar-refractivity contribution in [3.63, 3.8) is 0 Å². The summed E-state index contributed by atoms with van der Waals surface area (Å²) in [6, 6.07) is 28.5. The van der Waals surface area contributed by atoms with E-state index in [9.17, 15) is 9.59 Å². The summed E-state index contributed by atoms with van der Waals surface area (Å²) in [4.78, 5) is 29.5. The Morgan fingerprint density at radius 2 is 1.39 bits per heavy atom. The van der Waals surface area contributed by atoms with Crippen molar-refractivity contribution in [1.82, 2.24) is 10.2 Å². The molecule has 0 saturated heterocycles. The first-order chi connectivity index (χ1) is 19.9. The number of ether oxygens (including phenoxy) is 3. The molecule has 4 rings (SSSR count). The number of nitrogens with one attached hydrogen (secondary N) is 1. The Balaban J connectivity index is 1.67. The maximum Gasteiger partial charge on any atom is 0.247 e. The van der Waals surface area contributed by atoms with Crippen LogP contribution >= 0.6 is 11.6 Å². The van der Waals surface area contributed by atoms with Crippen LogP contribution in [0.1, 0.15) is 28.3 Å². The molecule has 0 spiro atoms. The van der Waals surface area contributed by atoms with Gasteiger partial charge in [-0.3, -0.25) is 9.59 Å². The van der Waals surface area contributed by atoms with Crippen molar-refractivity contribution < 1.29 is 23.8 Å². The van der Waals surface area contributed by atoms with Crippen LogP contribution in [0.2, 0.25) is 5.02 Å². The number of hydrogen-bond donors (Lipinski definition) is 1. The maximum absolute atomic E-state index is 14.0. The standard InChI is InChI=1S/C33H33ClN2O5/c1-39-28-16-11-23(12-17-28)21-35-33(38)32(26-7-5-4-6-8-26)36(22-24-9-14-27(34)15-10-24)31(37)20-25-13-18-29(40-2)30(19-25)41-3/h4-19,32H,20-22H2,1-3H3,(H,35,38). The number of nitrogens with zero attached hydrogens (tertiary/aromatic N) is 1. The molecule has 0 fully saturated rings. The normalized spacial score (nSPS) is 11.3. The zero-order chi connectivity index (χ0) is 29.2. The van der Waals surface area contributed by atoms with Crippen molar-refractivity contribution in [1.29, 1.82) is 0 Å². The third-order valence-electron chi connectivity index (χ3n) is 6.69. The van der Waals surface area contributed by atoms with Crippen molar-refractivity contribution in [2.24, 2.45) is 0 Å². The number of carbonyl (C=O) groups excluding carboxylic acids is 2. The lowest BCUT2D eigenvalue weighted by Gasteiger charge is -2.32. The summed E-state index contributed by atoms with van der Waals surface area (Å²) in [6.45, 7) is 0.504. The van der Waals surface area contributed by atoms with Gasteiger partial charge in [0, 0.05) is 18.1 Å². The summed E-state index contributed by atoms with van der Waals surface area (Å²) in [7, 11) is 4.72. The van der Waals surface area contributed by atoms with Crippen LogP contribution in [0.5, 0.6) is 17.2 Å². The lowest BCUT2D eigenvalue weighted by Crippen LogP contribution is -2.43. The average molecular weight is 573 g/mol. The fraction of sp³-hybridized carbons (Fsp3) is 0.212. The second-order valence-corrected chi connectivity index (χ2v) is 9.83. The molecule has 1 N–H and O–H groups in total. The van der Waals surface area contributed by atoms with E-state index in [0.717, 1.165) is 22.4 Å². The van der Waals surface area contributed by atoms with Gasteiger partial charge in [0.1, 0.15) is 11.8 Å². The number of halogens is 1. The van der Waals surface area contributed by atoms with E-state index in [1.807, 2.05) is 72.8 Å². The fourth-order valence-corrected chi connectivity index (χ4v) is 4.64. The zero-order valence-corrected chi connectivity index (χ0v) is 24.1. The minimum atomic E-state index is -0.877. The van der Waals surface area contributed by atoms with Crippen LogP contribution in [-0.2, 0) is 29.1 Å². The number of hydrogen-bond acceptors (Lipinski definition) is 5. The second kappa shape index (κ2) is 14.2. The molecule has 0 bridgehead atoms. The molecule has 212 valence electrons. The predicted molar refractivity (Wildman–Crippen MR) is 159 cm³/mol. The maximum atomic E-state index is 14.0. The number of rotatable bonds is 12. The highest BCUT2D eigenvalue weighted by Gasteiger charge is 2.31. The first-order valence-corrected chi connectivity index (χ1v) is 13.5. The summed E-state index contributed by atoms with van der Waals surface area (Å²) in [5.74, 6) is 1.32. The van der Waals surface area contributed by atoms with Crippen LogP contribution in [0.25, 0.3) is 0 Å². The van der Waals surface area contributed by atoms with Gasteiger partial charge in [-0.25, -0.2) is 0 Å². The van der Waals surface area contributed by atoms with E-state index >= 15 is 0 Å². The van der Waals surface area contributed by atoms with E-state index in [4.69, 9.17) is 25.8 Å². The number of methoxy groups -OCH3 is 3. The molecule has 2 amide bonds. The molecule has 0 saturated carbocycles. The van der Waals surface area contributed by atoms with Gasteiger partial charge in [0.05, 0.1) is 27.8 Å². The quantitative estimate of drug-likeness (QED) is 0.225. The Morgan fingerprint density at radius 3 is 2.02 bits per heavy atom. The van der Waals surface area contributed by atoms with Crippen LogP contribution < -0.4 is 19.5 Å². The first-order valence-electron chi connectivity index (χ1n) is 13.1. The molecular formula is C33H33ClN2O5. The van der Waals surface area contributed by atoms with E-state index in [-0.39, 0.29) is 24.8 Å². The molecule has 7 nitrogen and oxygen atoms in total. The Bertz CT molecular complexity index is 1440. The average Bonchev–Trinajstić information content (AvgIpc) is 3.01. The molecule has 0 aliphatic heterocycles. The Labute approximate surface area is 245 Å². The SMILES string of the molecule is COc1ccc(CNC(=O)C(c2ccccc2)N(Cc2ccc(Cl)cc2)C(=O)Cc2ccc(OC)c(OC)c2)cc1. The topological polar surface area (TPSA) is 77.1 Å². The van der Waals surface area contributed by atoms with Crippen molar-refractivity contribution in [3.05, 3.63) is 124 Å². The van der Waals surface area contributed by atoms with Crippen molar-refractivity contribution in [2.75, 3.05) is 21.3 Å². The number of amides is 2. The van der Waals surface area contributed by atoms with Gasteiger partial charge in [0.2, 0.25) is 11.8 Å². The van der Waals surface area contributed by atoms with Gasteiger partial charge in [-0.15, -0.1) is 0 Å². The van der Waals surface area contributed by atoms with E-state index < -0.39 is 6.04 Å². The van der Waals surface area contributed by atoms with Crippen LogP contribution in [0, 0.1) is 0 Å². The molecule has 0 heterocycles. The van der Waals surface area contributed by atoms with Crippen molar-refractivity contribution >= 4 is 23.4 Å². The van der Waals surface area contributed by atoms with Crippen molar-refractivity contribution in [3.8, 4) is 17.2 Å². The highest BCUT2D eigenvalue weighted by atomic mass is 35.5. The zero-order valence-electron chi connectivity index (χ0n) is 23.3. The molecule has 0 aliphatic rings. The van der Waals surface area contributed by atoms with Gasteiger partial charge >= 0.3 is 0 Å². The van der Waals surface area contributed by atoms with E-state index in [1.165, 1.54) is 0 Å². The first kappa shape index (κ1) is 29.5. The molecule has 0 radical (unpaired) electrons. The van der Waals surface area contributed by atoms with Crippen molar-refractivity contribution in [2.45, 2.75) is 25.6 Å². The minimum absolute atomic E-state index is 0.0586. The Hall–Kier alpha value is -4.49. The van der Waals surface area contributed by atoms with Gasteiger partial charge < -0.3 is 24.4 Å². The number of benzene rings is 4. The summed E-state index contributed by atoms with van der Waals surface area (Å²) in [5, 5.41) is 3.62. The molecule has 0 aliphatic carbocycles. The van der Waals surface area contributed by atoms with Gasteiger partial charge in [-0.1, -0.05) is 72.3 Å². The van der Waals surface area contributed by atoms with Crippen LogP contribution in [0.3, 0.4) is 0 Å². The van der Waals surface area contributed by atoms with Gasteiger partial charge in [0.15, 0.2) is 11.5 Å². The third kappa shape index (κ3) is 7.80. The van der Waals surface area contributed by atoms with E-state index in [0.29, 0.717) is 28.6 Å². The monoisotopic (exact) mass is 572 g/mol. The van der Waals surface area contributed by atoms with Gasteiger partial charge in [-0.2, -0.15) is 0 Å². The second-order valence-electron chi connectivity index (χ2n) is 9.39. The summed E-state index contributed by atoms with van der Waals surface area (Å²) in [5.41, 5.74) is 3.19. The lowest BCUT2D eigenvalue weighted by molar-refractivity contribution is -0.141. The van der Waals surface area contributed by atoms with Crippen LogP contribution in [0.4, 0.5) is 0 Å².